The van der Waals surface area contributed by atoms with Gasteiger partial charge in [0.15, 0.2) is 5.78 Å². The van der Waals surface area contributed by atoms with E-state index in [2.05, 4.69) is 5.32 Å². The summed E-state index contributed by atoms with van der Waals surface area (Å²) in [5.74, 6) is 0.480. The first kappa shape index (κ1) is 10.6. The van der Waals surface area contributed by atoms with Crippen molar-refractivity contribution in [3.8, 4) is 0 Å². The summed E-state index contributed by atoms with van der Waals surface area (Å²) in [4.78, 5) is 11.4. The van der Waals surface area contributed by atoms with Crippen molar-refractivity contribution in [2.45, 2.75) is 40.2 Å². The van der Waals surface area contributed by atoms with Gasteiger partial charge >= 0.3 is 0 Å². The van der Waals surface area contributed by atoms with Crippen molar-refractivity contribution in [2.24, 2.45) is 5.92 Å². The number of hydrogen-bond acceptors (Lipinski definition) is 2. The minimum Gasteiger partial charge on any atom is -0.308 e. The van der Waals surface area contributed by atoms with Crippen LogP contribution in [0.5, 0.6) is 0 Å². The SMILES string of the molecule is CCNC(CC)C(=O)C(C)C. The van der Waals surface area contributed by atoms with Crippen LogP contribution in [-0.4, -0.2) is 18.4 Å². The largest absolute Gasteiger partial charge is 0.308 e. The second-order valence-corrected chi connectivity index (χ2v) is 3.08. The van der Waals surface area contributed by atoms with E-state index in [1.54, 1.807) is 0 Å². The molecule has 1 atom stereocenters. The molecule has 0 aliphatic rings. The summed E-state index contributed by atoms with van der Waals surface area (Å²) in [6.45, 7) is 8.82. The van der Waals surface area contributed by atoms with E-state index < -0.39 is 0 Å². The van der Waals surface area contributed by atoms with Crippen molar-refractivity contribution in [3.63, 3.8) is 0 Å². The molecular weight excluding hydrogens is 138 g/mol. The van der Waals surface area contributed by atoms with E-state index in [1.165, 1.54) is 0 Å². The maximum absolute atomic E-state index is 11.4. The van der Waals surface area contributed by atoms with Crippen molar-refractivity contribution in [3.05, 3.63) is 0 Å². The third-order valence-corrected chi connectivity index (χ3v) is 1.77. The standard InChI is InChI=1S/C9H19NO/c1-5-8(10-6-2)9(11)7(3)4/h7-8,10H,5-6H2,1-4H3. The Bertz CT molecular complexity index is 121. The summed E-state index contributed by atoms with van der Waals surface area (Å²) in [5.41, 5.74) is 0. The molecule has 0 aliphatic heterocycles. The molecule has 2 heteroatoms. The second kappa shape index (κ2) is 5.30. The van der Waals surface area contributed by atoms with Crippen LogP contribution in [0.2, 0.25) is 0 Å². The van der Waals surface area contributed by atoms with Gasteiger partial charge in [0, 0.05) is 5.92 Å². The Morgan fingerprint density at radius 2 is 1.91 bits per heavy atom. The van der Waals surface area contributed by atoms with E-state index >= 15 is 0 Å². The van der Waals surface area contributed by atoms with Crippen LogP contribution in [0, 0.1) is 5.92 Å². The average molecular weight is 157 g/mol. The summed E-state index contributed by atoms with van der Waals surface area (Å²) < 4.78 is 0. The molecule has 0 aromatic heterocycles. The number of carbonyl (C=O) groups excluding carboxylic acids is 1. The van der Waals surface area contributed by atoms with Crippen LogP contribution in [0.3, 0.4) is 0 Å². The molecule has 0 saturated heterocycles. The highest BCUT2D eigenvalue weighted by Gasteiger charge is 2.17. The summed E-state index contributed by atoms with van der Waals surface area (Å²) in [7, 11) is 0. The molecule has 0 spiro atoms. The third kappa shape index (κ3) is 3.51. The lowest BCUT2D eigenvalue weighted by atomic mass is 10.00. The molecule has 66 valence electrons. The van der Waals surface area contributed by atoms with Crippen molar-refractivity contribution in [1.82, 2.24) is 5.32 Å². The predicted octanol–water partition coefficient (Wildman–Crippen LogP) is 1.60. The Labute approximate surface area is 69.4 Å². The zero-order valence-corrected chi connectivity index (χ0v) is 7.98. The molecule has 0 aliphatic carbocycles. The Hall–Kier alpha value is -0.370. The molecule has 0 fully saturated rings. The number of Topliss-reactive ketones (excluding diaryl/α,β-unsaturated/α-hetero) is 1. The van der Waals surface area contributed by atoms with Gasteiger partial charge in [0.05, 0.1) is 6.04 Å². The van der Waals surface area contributed by atoms with Gasteiger partial charge in [-0.1, -0.05) is 27.7 Å². The lowest BCUT2D eigenvalue weighted by Crippen LogP contribution is -2.38. The zero-order valence-electron chi connectivity index (χ0n) is 7.98. The molecule has 0 bridgehead atoms. The van der Waals surface area contributed by atoms with Gasteiger partial charge in [-0.2, -0.15) is 0 Å². The third-order valence-electron chi connectivity index (χ3n) is 1.77. The Morgan fingerprint density at radius 1 is 1.36 bits per heavy atom. The van der Waals surface area contributed by atoms with Gasteiger partial charge in [0.2, 0.25) is 0 Å². The highest BCUT2D eigenvalue weighted by Crippen LogP contribution is 2.02. The molecule has 1 N–H and O–H groups in total. The van der Waals surface area contributed by atoms with Crippen molar-refractivity contribution in [1.29, 1.82) is 0 Å². The first-order valence-electron chi connectivity index (χ1n) is 4.40. The number of carbonyl (C=O) groups is 1. The molecule has 1 unspecified atom stereocenters. The van der Waals surface area contributed by atoms with Gasteiger partial charge in [0.25, 0.3) is 0 Å². The lowest BCUT2D eigenvalue weighted by molar-refractivity contribution is -0.124. The predicted molar refractivity (Wildman–Crippen MR) is 47.6 cm³/mol. The minimum absolute atomic E-state index is 0.0694. The molecule has 0 rings (SSSR count). The normalized spacial score (nSPS) is 13.5. The molecular formula is C9H19NO. The van der Waals surface area contributed by atoms with Crippen molar-refractivity contribution >= 4 is 5.78 Å². The number of ketones is 1. The molecule has 0 aromatic carbocycles. The zero-order chi connectivity index (χ0) is 8.85. The summed E-state index contributed by atoms with van der Waals surface area (Å²) in [6.07, 6.45) is 0.894. The maximum Gasteiger partial charge on any atom is 0.152 e. The van der Waals surface area contributed by atoms with E-state index in [9.17, 15) is 4.79 Å². The van der Waals surface area contributed by atoms with E-state index in [-0.39, 0.29) is 12.0 Å². The van der Waals surface area contributed by atoms with E-state index in [1.807, 2.05) is 27.7 Å². The first-order valence-corrected chi connectivity index (χ1v) is 4.40. The van der Waals surface area contributed by atoms with E-state index in [0.29, 0.717) is 5.78 Å². The fourth-order valence-electron chi connectivity index (χ4n) is 1.09. The maximum atomic E-state index is 11.4. The monoisotopic (exact) mass is 157 g/mol. The summed E-state index contributed by atoms with van der Waals surface area (Å²) in [6, 6.07) is 0.0694. The van der Waals surface area contributed by atoms with Crippen LogP contribution in [0.4, 0.5) is 0 Å². The highest BCUT2D eigenvalue weighted by atomic mass is 16.1. The number of likely N-dealkylation sites (N-methyl/N-ethyl adjacent to an activating group) is 1. The molecule has 0 aromatic rings. The summed E-state index contributed by atoms with van der Waals surface area (Å²) in [5, 5.41) is 3.16. The molecule has 0 heterocycles. The van der Waals surface area contributed by atoms with E-state index in [0.717, 1.165) is 13.0 Å². The molecule has 0 saturated carbocycles. The van der Waals surface area contributed by atoms with Gasteiger partial charge in [0.1, 0.15) is 0 Å². The fourth-order valence-corrected chi connectivity index (χ4v) is 1.09. The van der Waals surface area contributed by atoms with Gasteiger partial charge in [-0.25, -0.2) is 0 Å². The van der Waals surface area contributed by atoms with Crippen LogP contribution in [-0.2, 0) is 4.79 Å². The summed E-state index contributed by atoms with van der Waals surface area (Å²) >= 11 is 0. The quantitative estimate of drug-likeness (QED) is 0.656. The number of rotatable bonds is 5. The van der Waals surface area contributed by atoms with Gasteiger partial charge in [-0.05, 0) is 13.0 Å². The second-order valence-electron chi connectivity index (χ2n) is 3.08. The van der Waals surface area contributed by atoms with Crippen LogP contribution in [0.25, 0.3) is 0 Å². The van der Waals surface area contributed by atoms with E-state index in [4.69, 9.17) is 0 Å². The Kier molecular flexibility index (Phi) is 5.12. The first-order chi connectivity index (χ1) is 5.13. The van der Waals surface area contributed by atoms with Gasteiger partial charge in [-0.15, -0.1) is 0 Å². The Morgan fingerprint density at radius 3 is 2.18 bits per heavy atom. The average Bonchev–Trinajstić information content (AvgIpc) is 1.98. The van der Waals surface area contributed by atoms with Gasteiger partial charge < -0.3 is 5.32 Å². The topological polar surface area (TPSA) is 29.1 Å². The van der Waals surface area contributed by atoms with Crippen LogP contribution >= 0.6 is 0 Å². The van der Waals surface area contributed by atoms with Crippen molar-refractivity contribution in [2.75, 3.05) is 6.54 Å². The van der Waals surface area contributed by atoms with Gasteiger partial charge in [-0.3, -0.25) is 4.79 Å². The Balaban J connectivity index is 3.92. The fraction of sp³-hybridized carbons (Fsp3) is 0.889. The molecule has 2 nitrogen and oxygen atoms in total. The minimum atomic E-state index is 0.0694. The van der Waals surface area contributed by atoms with Crippen LogP contribution < -0.4 is 5.32 Å². The molecule has 0 amide bonds. The molecule has 0 radical (unpaired) electrons. The number of nitrogens with one attached hydrogen (secondary N) is 1. The van der Waals surface area contributed by atoms with Crippen molar-refractivity contribution < 1.29 is 4.79 Å². The molecule has 11 heavy (non-hydrogen) atoms. The number of hydrogen-bond donors (Lipinski definition) is 1. The smallest absolute Gasteiger partial charge is 0.152 e. The van der Waals surface area contributed by atoms with Crippen LogP contribution in [0.1, 0.15) is 34.1 Å². The van der Waals surface area contributed by atoms with Crippen LogP contribution in [0.15, 0.2) is 0 Å². The highest BCUT2D eigenvalue weighted by molar-refractivity contribution is 5.85. The lowest BCUT2D eigenvalue weighted by Gasteiger charge is -2.16.